The molecule has 0 saturated heterocycles. The number of rotatable bonds is 5. The second-order valence-electron chi connectivity index (χ2n) is 11.3. The molecule has 0 aromatic rings. The van der Waals surface area contributed by atoms with Gasteiger partial charge in [0.15, 0.2) is 0 Å². The normalized spacial score (nSPS) is 44.7. The van der Waals surface area contributed by atoms with Gasteiger partial charge >= 0.3 is 0 Å². The van der Waals surface area contributed by atoms with Crippen molar-refractivity contribution in [2.24, 2.45) is 45.4 Å². The lowest BCUT2D eigenvalue weighted by Gasteiger charge is -2.58. The first-order chi connectivity index (χ1) is 12.9. The van der Waals surface area contributed by atoms with Gasteiger partial charge in [0, 0.05) is 17.7 Å². The van der Waals surface area contributed by atoms with Gasteiger partial charge < -0.3 is 0 Å². The molecule has 0 bridgehead atoms. The van der Waals surface area contributed by atoms with Crippen LogP contribution < -0.4 is 0 Å². The number of hydrogen-bond acceptors (Lipinski definition) is 1. The maximum atomic E-state index is 5.02. The first kappa shape index (κ1) is 19.7. The smallest absolute Gasteiger partial charge is 0.0389 e. The Morgan fingerprint density at radius 1 is 1.15 bits per heavy atom. The van der Waals surface area contributed by atoms with Crippen LogP contribution in [0.1, 0.15) is 98.3 Å². The van der Waals surface area contributed by atoms with E-state index >= 15 is 0 Å². The summed E-state index contributed by atoms with van der Waals surface area (Å²) >= 11 is 0. The first-order valence-corrected chi connectivity index (χ1v) is 12.0. The van der Waals surface area contributed by atoms with Gasteiger partial charge in [-0.3, -0.25) is 4.99 Å². The Labute approximate surface area is 168 Å². The Hall–Kier alpha value is -0.590. The molecule has 1 nitrogen and oxygen atoms in total. The van der Waals surface area contributed by atoms with Crippen LogP contribution in [-0.2, 0) is 0 Å². The quantitative estimate of drug-likeness (QED) is 0.446. The molecule has 27 heavy (non-hydrogen) atoms. The second-order valence-corrected chi connectivity index (χ2v) is 11.3. The van der Waals surface area contributed by atoms with Crippen LogP contribution in [0.3, 0.4) is 0 Å². The highest BCUT2D eigenvalue weighted by Crippen LogP contribution is 2.66. The van der Waals surface area contributed by atoms with E-state index in [9.17, 15) is 0 Å². The van der Waals surface area contributed by atoms with Crippen LogP contribution in [0.15, 0.2) is 17.1 Å². The Bertz CT molecular complexity index is 603. The topological polar surface area (TPSA) is 12.4 Å². The van der Waals surface area contributed by atoms with Crippen molar-refractivity contribution >= 4 is 5.71 Å². The van der Waals surface area contributed by atoms with Crippen molar-refractivity contribution in [2.45, 2.75) is 98.3 Å². The van der Waals surface area contributed by atoms with Crippen LogP contribution in [0.4, 0.5) is 0 Å². The van der Waals surface area contributed by atoms with Gasteiger partial charge in [-0.1, -0.05) is 32.8 Å². The summed E-state index contributed by atoms with van der Waals surface area (Å²) in [6, 6.07) is 0. The van der Waals surface area contributed by atoms with Crippen LogP contribution in [-0.4, -0.2) is 12.3 Å². The molecule has 0 radical (unpaired) electrons. The number of fused-ring (bicyclic) bond motifs is 5. The molecule has 1 heterocycles. The zero-order valence-electron chi connectivity index (χ0n) is 18.5. The fourth-order valence-corrected chi connectivity index (χ4v) is 8.44. The van der Waals surface area contributed by atoms with E-state index in [2.05, 4.69) is 34.3 Å². The van der Waals surface area contributed by atoms with E-state index in [0.29, 0.717) is 10.8 Å². The Morgan fingerprint density at radius 2 is 1.96 bits per heavy atom. The largest absolute Gasteiger partial charge is 0.294 e. The van der Waals surface area contributed by atoms with E-state index in [1.807, 2.05) is 0 Å². The summed E-state index contributed by atoms with van der Waals surface area (Å²) in [5.74, 6) is 4.76. The molecule has 1 aliphatic heterocycles. The van der Waals surface area contributed by atoms with Gasteiger partial charge in [0.05, 0.1) is 0 Å². The molecule has 4 aliphatic rings. The molecule has 0 N–H and O–H groups in total. The Balaban J connectivity index is 1.49. The molecule has 0 unspecified atom stereocenters. The maximum absolute atomic E-state index is 5.02. The highest BCUT2D eigenvalue weighted by atomic mass is 14.8. The zero-order chi connectivity index (χ0) is 19.2. The fourth-order valence-electron chi connectivity index (χ4n) is 8.44. The van der Waals surface area contributed by atoms with Crippen molar-refractivity contribution in [3.8, 4) is 0 Å². The highest BCUT2D eigenvalue weighted by Gasteiger charge is 2.59. The Kier molecular flexibility index (Phi) is 5.36. The third kappa shape index (κ3) is 3.25. The molecule has 0 aromatic heterocycles. The van der Waals surface area contributed by atoms with Crippen molar-refractivity contribution in [3.05, 3.63) is 12.2 Å². The van der Waals surface area contributed by atoms with Crippen LogP contribution in [0.2, 0.25) is 0 Å². The van der Waals surface area contributed by atoms with E-state index in [-0.39, 0.29) is 0 Å². The summed E-state index contributed by atoms with van der Waals surface area (Å²) in [5, 5.41) is 0. The summed E-state index contributed by atoms with van der Waals surface area (Å²) < 4.78 is 0. The van der Waals surface area contributed by atoms with Gasteiger partial charge in [-0.15, -0.1) is 6.58 Å². The number of hydrogen-bond donors (Lipinski definition) is 0. The van der Waals surface area contributed by atoms with Crippen LogP contribution >= 0.6 is 0 Å². The monoisotopic (exact) mass is 369 g/mol. The number of nitrogens with zero attached hydrogens (tertiary/aromatic N) is 1. The maximum Gasteiger partial charge on any atom is 0.0389 e. The molecule has 1 heteroatoms. The molecule has 152 valence electrons. The van der Waals surface area contributed by atoms with Crippen molar-refractivity contribution in [2.75, 3.05) is 6.54 Å². The predicted octanol–water partition coefficient (Wildman–Crippen LogP) is 7.46. The highest BCUT2D eigenvalue weighted by molar-refractivity contribution is 5.91. The van der Waals surface area contributed by atoms with E-state index in [0.717, 1.165) is 36.1 Å². The standard InChI is InChI=1S/C26H43N/c1-18(2)8-6-9-19(3)21-11-12-22-20-10-13-24-26(5,15-7-17-27-24)23(20)14-16-25(21,22)4/h19-23H,1,6-17H2,2-5H3/t19-,20+,21-,22+,23+,25-,26-/m1/s1. The van der Waals surface area contributed by atoms with Gasteiger partial charge in [0.1, 0.15) is 0 Å². The van der Waals surface area contributed by atoms with Crippen molar-refractivity contribution in [1.29, 1.82) is 0 Å². The number of allylic oxidation sites excluding steroid dienone is 1. The van der Waals surface area contributed by atoms with Crippen LogP contribution in [0, 0.1) is 40.4 Å². The lowest BCUT2D eigenvalue weighted by atomic mass is 9.47. The predicted molar refractivity (Wildman–Crippen MR) is 117 cm³/mol. The van der Waals surface area contributed by atoms with Gasteiger partial charge in [0.2, 0.25) is 0 Å². The molecule has 3 fully saturated rings. The number of aliphatic imine (C=N–C) groups is 1. The Morgan fingerprint density at radius 3 is 2.74 bits per heavy atom. The lowest BCUT2D eigenvalue weighted by Crippen LogP contribution is -2.53. The summed E-state index contributed by atoms with van der Waals surface area (Å²) in [5.41, 5.74) is 4.04. The van der Waals surface area contributed by atoms with Crippen molar-refractivity contribution in [1.82, 2.24) is 0 Å². The molecule has 3 aliphatic carbocycles. The summed E-state index contributed by atoms with van der Waals surface area (Å²) in [4.78, 5) is 5.02. The third-order valence-corrected chi connectivity index (χ3v) is 9.81. The van der Waals surface area contributed by atoms with E-state index in [1.165, 1.54) is 76.2 Å². The molecule has 7 atom stereocenters. The van der Waals surface area contributed by atoms with E-state index in [1.54, 1.807) is 5.71 Å². The average Bonchev–Trinajstić information content (AvgIpc) is 2.98. The van der Waals surface area contributed by atoms with Crippen LogP contribution in [0.25, 0.3) is 0 Å². The van der Waals surface area contributed by atoms with Crippen LogP contribution in [0.5, 0.6) is 0 Å². The molecule has 3 saturated carbocycles. The summed E-state index contributed by atoms with van der Waals surface area (Å²) in [7, 11) is 0. The minimum absolute atomic E-state index is 0.452. The van der Waals surface area contributed by atoms with Gasteiger partial charge in [-0.25, -0.2) is 0 Å². The fraction of sp³-hybridized carbons (Fsp3) is 0.885. The van der Waals surface area contributed by atoms with Gasteiger partial charge in [0.25, 0.3) is 0 Å². The van der Waals surface area contributed by atoms with E-state index in [4.69, 9.17) is 4.99 Å². The van der Waals surface area contributed by atoms with E-state index < -0.39 is 0 Å². The molecular formula is C26H43N. The molecule has 4 rings (SSSR count). The van der Waals surface area contributed by atoms with Gasteiger partial charge in [-0.05, 0) is 106 Å². The minimum Gasteiger partial charge on any atom is -0.294 e. The van der Waals surface area contributed by atoms with Gasteiger partial charge in [-0.2, -0.15) is 0 Å². The first-order valence-electron chi connectivity index (χ1n) is 12.0. The molecule has 0 amide bonds. The molecule has 0 aromatic carbocycles. The third-order valence-electron chi connectivity index (χ3n) is 9.81. The summed E-state index contributed by atoms with van der Waals surface area (Å²) in [6.07, 6.45) is 15.4. The zero-order valence-corrected chi connectivity index (χ0v) is 18.5. The summed E-state index contributed by atoms with van der Waals surface area (Å²) in [6.45, 7) is 15.3. The average molecular weight is 370 g/mol. The lowest BCUT2D eigenvalue weighted by molar-refractivity contribution is -0.0453. The SMILES string of the molecule is C=C(C)CCC[C@@H](C)[C@H]1CC[C@H]2[C@@H]3CCC4=NCCC[C@]4(C)[C@H]3CC[C@]12C. The molecular weight excluding hydrogens is 326 g/mol. The minimum atomic E-state index is 0.452. The second kappa shape index (κ2) is 7.34. The van der Waals surface area contributed by atoms with Crippen molar-refractivity contribution < 1.29 is 0 Å². The van der Waals surface area contributed by atoms with Crippen molar-refractivity contribution in [3.63, 3.8) is 0 Å². The molecule has 0 spiro atoms.